The standard InChI is InChI=1S/C28H57NO3.C11H24.3C3H8/c1-3-5-7-9-11-12-14-16-21-27-32-28(31)22-18-17-20-24-29(25-26-30)23-19-15-13-10-8-6-4-2;1-4-5-6-7-8-9-10-11(2)3;3*1-3-2/h30H,3-27H2,1-2H3;11H,4-10H2,1-3H3;3*3H2,1-2H3. The summed E-state index contributed by atoms with van der Waals surface area (Å²) in [6.45, 7) is 27.9. The highest BCUT2D eigenvalue weighted by Crippen LogP contribution is 2.12. The average Bonchev–Trinajstić information content (AvgIpc) is 3.11. The predicted molar refractivity (Wildman–Crippen MR) is 239 cm³/mol. The Kier molecular flexibility index (Phi) is 72.7. The van der Waals surface area contributed by atoms with Gasteiger partial charge in [-0.05, 0) is 44.7 Å². The Labute approximate surface area is 332 Å². The number of rotatable bonds is 33. The Balaban J connectivity index is -0.000000300. The van der Waals surface area contributed by atoms with Crippen LogP contribution in [0.2, 0.25) is 0 Å². The van der Waals surface area contributed by atoms with E-state index >= 15 is 0 Å². The fourth-order valence-corrected chi connectivity index (χ4v) is 5.55. The number of esters is 1. The van der Waals surface area contributed by atoms with Crippen molar-refractivity contribution in [3.05, 3.63) is 0 Å². The van der Waals surface area contributed by atoms with E-state index in [1.165, 1.54) is 161 Å². The highest BCUT2D eigenvalue weighted by atomic mass is 16.5. The molecule has 0 fully saturated rings. The lowest BCUT2D eigenvalue weighted by molar-refractivity contribution is -0.143. The fraction of sp³-hybridized carbons (Fsp3) is 0.979. The highest BCUT2D eigenvalue weighted by molar-refractivity contribution is 5.69. The number of hydrogen-bond acceptors (Lipinski definition) is 4. The molecule has 0 saturated heterocycles. The Bertz CT molecular complexity index is 549. The number of aliphatic hydroxyl groups is 1. The van der Waals surface area contributed by atoms with E-state index in [-0.39, 0.29) is 12.6 Å². The fourth-order valence-electron chi connectivity index (χ4n) is 5.55. The molecule has 0 unspecified atom stereocenters. The molecule has 0 bridgehead atoms. The summed E-state index contributed by atoms with van der Waals surface area (Å²) in [4.78, 5) is 14.3. The molecule has 4 heteroatoms. The molecule has 0 aromatic carbocycles. The quantitative estimate of drug-likeness (QED) is 0.0537. The lowest BCUT2D eigenvalue weighted by Crippen LogP contribution is -2.29. The summed E-state index contributed by atoms with van der Waals surface area (Å²) < 4.78 is 5.39. The first-order valence-corrected chi connectivity index (χ1v) is 23.7. The number of aliphatic hydroxyl groups excluding tert-OH is 1. The maximum absolute atomic E-state index is 11.9. The van der Waals surface area contributed by atoms with Crippen molar-refractivity contribution in [3.63, 3.8) is 0 Å². The number of carbonyl (C=O) groups excluding carboxylic acids is 1. The molecule has 0 aromatic rings. The van der Waals surface area contributed by atoms with Gasteiger partial charge in [0.2, 0.25) is 0 Å². The monoisotopic (exact) mass is 744 g/mol. The Hall–Kier alpha value is -0.610. The summed E-state index contributed by atoms with van der Waals surface area (Å²) in [7, 11) is 0. The lowest BCUT2D eigenvalue weighted by Gasteiger charge is -2.21. The molecule has 1 N–H and O–H groups in total. The van der Waals surface area contributed by atoms with Gasteiger partial charge in [-0.25, -0.2) is 0 Å². The van der Waals surface area contributed by atoms with Crippen molar-refractivity contribution >= 4 is 5.97 Å². The van der Waals surface area contributed by atoms with Crippen LogP contribution in [0.5, 0.6) is 0 Å². The maximum Gasteiger partial charge on any atom is 0.305 e. The second kappa shape index (κ2) is 62.4. The second-order valence-corrected chi connectivity index (χ2v) is 15.6. The molecule has 0 rings (SSSR count). The molecule has 320 valence electrons. The number of nitrogens with zero attached hydrogens (tertiary/aromatic N) is 1. The van der Waals surface area contributed by atoms with Crippen LogP contribution in [-0.2, 0) is 9.53 Å². The Morgan fingerprint density at radius 1 is 0.462 bits per heavy atom. The SMILES string of the molecule is CCC.CCC.CCC.CCCCCCCCC(C)C.CCCCCCCCCCCOC(=O)CCCCCN(CCO)CCCCCCCCC. The molecular weight excluding hydrogens is 639 g/mol. The number of ether oxygens (including phenoxy) is 1. The van der Waals surface area contributed by atoms with Gasteiger partial charge in [0.25, 0.3) is 0 Å². The van der Waals surface area contributed by atoms with E-state index in [0.29, 0.717) is 13.0 Å². The highest BCUT2D eigenvalue weighted by Gasteiger charge is 2.06. The van der Waals surface area contributed by atoms with Crippen LogP contribution in [0, 0.1) is 5.92 Å². The minimum Gasteiger partial charge on any atom is -0.466 e. The summed E-state index contributed by atoms with van der Waals surface area (Å²) >= 11 is 0. The van der Waals surface area contributed by atoms with Crippen LogP contribution < -0.4 is 0 Å². The summed E-state index contributed by atoms with van der Waals surface area (Å²) in [5.41, 5.74) is 0. The molecule has 52 heavy (non-hydrogen) atoms. The molecule has 0 amide bonds. The number of carbonyl (C=O) groups is 1. The van der Waals surface area contributed by atoms with Crippen LogP contribution in [0.1, 0.15) is 269 Å². The minimum absolute atomic E-state index is 0.0279. The van der Waals surface area contributed by atoms with Gasteiger partial charge in [0.05, 0.1) is 13.2 Å². The first-order valence-electron chi connectivity index (χ1n) is 23.7. The van der Waals surface area contributed by atoms with Gasteiger partial charge in [-0.1, -0.05) is 237 Å². The zero-order chi connectivity index (χ0) is 40.2. The maximum atomic E-state index is 11.9. The largest absolute Gasteiger partial charge is 0.466 e. The Morgan fingerprint density at radius 3 is 1.15 bits per heavy atom. The van der Waals surface area contributed by atoms with Crippen molar-refractivity contribution in [2.75, 3.05) is 32.8 Å². The molecule has 0 aliphatic heterocycles. The summed E-state index contributed by atoms with van der Waals surface area (Å²) in [6.07, 6.45) is 38.3. The van der Waals surface area contributed by atoms with Gasteiger partial charge >= 0.3 is 5.97 Å². The van der Waals surface area contributed by atoms with Crippen molar-refractivity contribution < 1.29 is 14.6 Å². The van der Waals surface area contributed by atoms with Gasteiger partial charge in [0.1, 0.15) is 0 Å². The van der Waals surface area contributed by atoms with Gasteiger partial charge in [-0.3, -0.25) is 4.79 Å². The van der Waals surface area contributed by atoms with Crippen LogP contribution >= 0.6 is 0 Å². The zero-order valence-corrected chi connectivity index (χ0v) is 38.5. The smallest absolute Gasteiger partial charge is 0.305 e. The average molecular weight is 744 g/mol. The molecule has 0 aliphatic carbocycles. The van der Waals surface area contributed by atoms with Crippen LogP contribution in [0.4, 0.5) is 0 Å². The third-order valence-electron chi connectivity index (χ3n) is 8.50. The van der Waals surface area contributed by atoms with E-state index in [1.807, 2.05) is 0 Å². The van der Waals surface area contributed by atoms with Crippen molar-refractivity contribution in [1.82, 2.24) is 4.90 Å². The van der Waals surface area contributed by atoms with E-state index in [9.17, 15) is 9.90 Å². The lowest BCUT2D eigenvalue weighted by atomic mass is 10.0. The molecule has 0 aliphatic rings. The first kappa shape index (κ1) is 60.6. The van der Waals surface area contributed by atoms with Crippen molar-refractivity contribution in [1.29, 1.82) is 0 Å². The van der Waals surface area contributed by atoms with Crippen molar-refractivity contribution in [2.45, 2.75) is 269 Å². The van der Waals surface area contributed by atoms with E-state index in [4.69, 9.17) is 4.74 Å². The van der Waals surface area contributed by atoms with E-state index in [0.717, 1.165) is 51.2 Å². The third-order valence-corrected chi connectivity index (χ3v) is 8.50. The van der Waals surface area contributed by atoms with Crippen molar-refractivity contribution in [3.8, 4) is 0 Å². The molecule has 4 nitrogen and oxygen atoms in total. The van der Waals surface area contributed by atoms with Crippen LogP contribution in [0.25, 0.3) is 0 Å². The number of unbranched alkanes of at least 4 members (excludes halogenated alkanes) is 21. The summed E-state index contributed by atoms with van der Waals surface area (Å²) in [6, 6.07) is 0. The zero-order valence-electron chi connectivity index (χ0n) is 38.5. The Morgan fingerprint density at radius 2 is 0.788 bits per heavy atom. The van der Waals surface area contributed by atoms with Crippen LogP contribution in [0.3, 0.4) is 0 Å². The molecular formula is C48H105NO3. The molecule has 0 saturated carbocycles. The second-order valence-electron chi connectivity index (χ2n) is 15.6. The van der Waals surface area contributed by atoms with Gasteiger partial charge in [-0.15, -0.1) is 0 Å². The molecule has 0 radical (unpaired) electrons. The van der Waals surface area contributed by atoms with Gasteiger partial charge in [0, 0.05) is 13.0 Å². The van der Waals surface area contributed by atoms with Gasteiger partial charge in [0.15, 0.2) is 0 Å². The number of hydrogen-bond donors (Lipinski definition) is 1. The van der Waals surface area contributed by atoms with Crippen LogP contribution in [-0.4, -0.2) is 48.8 Å². The van der Waals surface area contributed by atoms with E-state index in [1.54, 1.807) is 0 Å². The van der Waals surface area contributed by atoms with Crippen molar-refractivity contribution in [2.24, 2.45) is 5.92 Å². The summed E-state index contributed by atoms with van der Waals surface area (Å²) in [5, 5.41) is 9.30. The van der Waals surface area contributed by atoms with Gasteiger partial charge in [-0.2, -0.15) is 0 Å². The predicted octanol–water partition coefficient (Wildman–Crippen LogP) is 16.3. The first-order chi connectivity index (χ1) is 25.3. The summed E-state index contributed by atoms with van der Waals surface area (Å²) in [5.74, 6) is 0.876. The van der Waals surface area contributed by atoms with E-state index < -0.39 is 0 Å². The minimum atomic E-state index is -0.0279. The molecule has 0 heterocycles. The van der Waals surface area contributed by atoms with Crippen LogP contribution in [0.15, 0.2) is 0 Å². The molecule has 0 aromatic heterocycles. The third kappa shape index (κ3) is 74.5. The normalized spacial score (nSPS) is 10.3. The van der Waals surface area contributed by atoms with E-state index in [2.05, 4.69) is 81.1 Å². The molecule has 0 spiro atoms. The topological polar surface area (TPSA) is 49.8 Å². The molecule has 0 atom stereocenters. The van der Waals surface area contributed by atoms with Gasteiger partial charge < -0.3 is 14.7 Å².